The van der Waals surface area contributed by atoms with E-state index in [9.17, 15) is 4.39 Å². The second-order valence-corrected chi connectivity index (χ2v) is 9.69. The molecule has 1 fully saturated rings. The quantitative estimate of drug-likeness (QED) is 0.374. The average molecular weight is 528 g/mol. The van der Waals surface area contributed by atoms with Crippen molar-refractivity contribution in [3.8, 4) is 0 Å². The van der Waals surface area contributed by atoms with E-state index in [1.807, 2.05) is 0 Å². The maximum absolute atomic E-state index is 14.4. The first-order valence-corrected chi connectivity index (χ1v) is 12.5. The molecule has 4 N–H and O–H groups in total. The van der Waals surface area contributed by atoms with Gasteiger partial charge in [0.2, 0.25) is 0 Å². The van der Waals surface area contributed by atoms with Crippen molar-refractivity contribution in [1.82, 2.24) is 0 Å². The number of nitrogens with two attached hydrogens (primary N) is 1. The molecule has 1 aliphatic heterocycles. The molecule has 0 aromatic heterocycles. The van der Waals surface area contributed by atoms with E-state index < -0.39 is 17.5 Å². The Hall–Kier alpha value is -3.24. The Kier molecular flexibility index (Phi) is 10.2. The zero-order valence-corrected chi connectivity index (χ0v) is 21.3. The van der Waals surface area contributed by atoms with Crippen LogP contribution < -0.4 is 5.73 Å². The number of methoxy groups -OCH3 is 1. The summed E-state index contributed by atoms with van der Waals surface area (Å²) in [6.07, 6.45) is 2.34. The van der Waals surface area contributed by atoms with Crippen molar-refractivity contribution in [2.45, 2.75) is 41.2 Å². The predicted octanol–water partition coefficient (Wildman–Crippen LogP) is 4.83. The minimum Gasteiger partial charge on any atom is -0.473 e. The van der Waals surface area contributed by atoms with Gasteiger partial charge in [0.05, 0.1) is 5.60 Å². The average Bonchev–Trinajstić information content (AvgIpc) is 2.90. The van der Waals surface area contributed by atoms with Crippen LogP contribution in [0.5, 0.6) is 0 Å². The van der Waals surface area contributed by atoms with Gasteiger partial charge in [0.15, 0.2) is 0 Å². The van der Waals surface area contributed by atoms with Crippen LogP contribution in [0, 0.1) is 5.82 Å². The summed E-state index contributed by atoms with van der Waals surface area (Å²) in [6.45, 7) is 1.82. The summed E-state index contributed by atoms with van der Waals surface area (Å²) in [5.74, 6) is -3.88. The van der Waals surface area contributed by atoms with E-state index in [1.54, 1.807) is 31.0 Å². The Morgan fingerprint density at radius 2 is 1.46 bits per heavy atom. The molecule has 0 bridgehead atoms. The lowest BCUT2D eigenvalue weighted by atomic mass is 9.86. The molecule has 0 atom stereocenters. The number of carbonyl (C=O) groups is 2. The lowest BCUT2D eigenvalue weighted by Crippen LogP contribution is -2.35. The third-order valence-electron chi connectivity index (χ3n) is 6.10. The Balaban J connectivity index is 0.000000568. The van der Waals surface area contributed by atoms with Gasteiger partial charge in [0.25, 0.3) is 0 Å². The van der Waals surface area contributed by atoms with Crippen LogP contribution in [0.4, 0.5) is 4.39 Å². The minimum atomic E-state index is -1.82. The van der Waals surface area contributed by atoms with Crippen molar-refractivity contribution >= 4 is 23.7 Å². The van der Waals surface area contributed by atoms with Gasteiger partial charge in [-0.1, -0.05) is 48.2 Å². The van der Waals surface area contributed by atoms with Crippen molar-refractivity contribution in [2.24, 2.45) is 5.73 Å². The molecule has 1 heterocycles. The Morgan fingerprint density at radius 1 is 0.919 bits per heavy atom. The molecule has 4 rings (SSSR count). The van der Waals surface area contributed by atoms with Gasteiger partial charge in [-0.05, 0) is 59.0 Å². The fourth-order valence-corrected chi connectivity index (χ4v) is 4.94. The lowest BCUT2D eigenvalue weighted by molar-refractivity contribution is -0.159. The number of carboxylic acids is 2. The molecular weight excluding hydrogens is 497 g/mol. The van der Waals surface area contributed by atoms with Crippen LogP contribution in [-0.4, -0.2) is 42.5 Å². The van der Waals surface area contributed by atoms with Gasteiger partial charge in [-0.15, -0.1) is 0 Å². The van der Waals surface area contributed by atoms with Crippen LogP contribution in [0.2, 0.25) is 0 Å². The fraction of sp³-hybridized carbons (Fsp3) is 0.286. The number of aliphatic carboxylic acids is 2. The zero-order valence-electron chi connectivity index (χ0n) is 20.5. The van der Waals surface area contributed by atoms with Crippen LogP contribution in [0.1, 0.15) is 35.1 Å². The molecule has 0 unspecified atom stereocenters. The molecule has 196 valence electrons. The number of ether oxygens (including phenoxy) is 2. The molecular formula is C28H30FNO6S. The van der Waals surface area contributed by atoms with E-state index >= 15 is 0 Å². The summed E-state index contributed by atoms with van der Waals surface area (Å²) in [5, 5.41) is 14.8. The highest BCUT2D eigenvalue weighted by molar-refractivity contribution is 7.99. The van der Waals surface area contributed by atoms with E-state index in [-0.39, 0.29) is 5.82 Å². The van der Waals surface area contributed by atoms with Gasteiger partial charge < -0.3 is 25.4 Å². The van der Waals surface area contributed by atoms with Crippen molar-refractivity contribution < 1.29 is 33.7 Å². The molecule has 0 radical (unpaired) electrons. The van der Waals surface area contributed by atoms with E-state index in [0.717, 1.165) is 40.2 Å². The smallest absolute Gasteiger partial charge is 0.414 e. The molecule has 0 amide bonds. The maximum atomic E-state index is 14.4. The number of hydrogen-bond acceptors (Lipinski definition) is 6. The van der Waals surface area contributed by atoms with Gasteiger partial charge in [0.1, 0.15) is 5.82 Å². The first-order valence-electron chi connectivity index (χ1n) is 11.7. The number of hydrogen-bond donors (Lipinski definition) is 3. The van der Waals surface area contributed by atoms with Gasteiger partial charge in [-0.2, -0.15) is 0 Å². The lowest BCUT2D eigenvalue weighted by Gasteiger charge is -2.36. The normalized spacial score (nSPS) is 14.4. The van der Waals surface area contributed by atoms with Crippen LogP contribution in [-0.2, 0) is 37.6 Å². The topological polar surface area (TPSA) is 119 Å². The van der Waals surface area contributed by atoms with Gasteiger partial charge in [-0.3, -0.25) is 0 Å². The van der Waals surface area contributed by atoms with Gasteiger partial charge in [0, 0.05) is 49.5 Å². The second kappa shape index (κ2) is 13.3. The SMILES string of the molecule is COC1(c2cc(F)cc(Sc3ccc(Cc4ccc(CN)cc4)cc3)c2)CCOCC1.O=C(O)C(=O)O. The van der Waals surface area contributed by atoms with Crippen LogP contribution in [0.25, 0.3) is 0 Å². The fourth-order valence-electron chi connectivity index (χ4n) is 4.04. The zero-order chi connectivity index (χ0) is 26.8. The molecule has 1 saturated heterocycles. The minimum absolute atomic E-state index is 0.236. The van der Waals surface area contributed by atoms with E-state index in [4.69, 9.17) is 35.0 Å². The number of benzene rings is 3. The summed E-state index contributed by atoms with van der Waals surface area (Å²) < 4.78 is 25.8. The number of halogens is 1. The third-order valence-corrected chi connectivity index (χ3v) is 7.08. The number of carboxylic acid groups (broad SMARTS) is 2. The van der Waals surface area contributed by atoms with E-state index in [1.165, 1.54) is 11.1 Å². The molecule has 3 aromatic carbocycles. The molecule has 9 heteroatoms. The second-order valence-electron chi connectivity index (χ2n) is 8.54. The molecule has 1 aliphatic rings. The Labute approximate surface area is 219 Å². The molecule has 3 aromatic rings. The van der Waals surface area contributed by atoms with Gasteiger partial charge >= 0.3 is 11.9 Å². The predicted molar refractivity (Wildman–Crippen MR) is 138 cm³/mol. The summed E-state index contributed by atoms with van der Waals surface area (Å²) in [7, 11) is 1.70. The summed E-state index contributed by atoms with van der Waals surface area (Å²) >= 11 is 1.57. The summed E-state index contributed by atoms with van der Waals surface area (Å²) in [6, 6.07) is 22.1. The first-order chi connectivity index (χ1) is 17.7. The first kappa shape index (κ1) is 28.3. The van der Waals surface area contributed by atoms with E-state index in [2.05, 4.69) is 54.6 Å². The summed E-state index contributed by atoms with van der Waals surface area (Å²) in [4.78, 5) is 20.2. The van der Waals surface area contributed by atoms with Crippen molar-refractivity contribution in [3.63, 3.8) is 0 Å². The number of rotatable bonds is 7. The highest BCUT2D eigenvalue weighted by Gasteiger charge is 2.35. The Morgan fingerprint density at radius 3 is 1.97 bits per heavy atom. The molecule has 0 saturated carbocycles. The molecule has 7 nitrogen and oxygen atoms in total. The van der Waals surface area contributed by atoms with E-state index in [0.29, 0.717) is 19.8 Å². The molecule has 0 aliphatic carbocycles. The van der Waals surface area contributed by atoms with Gasteiger partial charge in [-0.25, -0.2) is 14.0 Å². The largest absolute Gasteiger partial charge is 0.473 e. The van der Waals surface area contributed by atoms with Crippen molar-refractivity contribution in [1.29, 1.82) is 0 Å². The standard InChI is InChI=1S/C26H28FNO2S.C2H2O4/c1-29-26(10-12-30-13-11-26)22-15-23(27)17-25(16-22)31-24-8-6-20(7-9-24)14-19-2-4-21(18-28)5-3-19;3-1(4)2(5)6/h2-9,15-17H,10-14,18,28H2,1H3;(H,3,4)(H,5,6). The monoisotopic (exact) mass is 527 g/mol. The third kappa shape index (κ3) is 8.13. The van der Waals surface area contributed by atoms with Crippen molar-refractivity contribution in [2.75, 3.05) is 20.3 Å². The van der Waals surface area contributed by atoms with Crippen LogP contribution >= 0.6 is 11.8 Å². The highest BCUT2D eigenvalue weighted by atomic mass is 32.2. The maximum Gasteiger partial charge on any atom is 0.414 e. The van der Waals surface area contributed by atoms with Crippen molar-refractivity contribution in [3.05, 3.63) is 94.8 Å². The highest BCUT2D eigenvalue weighted by Crippen LogP contribution is 2.39. The molecule has 0 spiro atoms. The van der Waals surface area contributed by atoms with Crippen LogP contribution in [0.15, 0.2) is 76.5 Å². The summed E-state index contributed by atoms with van der Waals surface area (Å²) in [5.41, 5.74) is 9.72. The van der Waals surface area contributed by atoms with Crippen LogP contribution in [0.3, 0.4) is 0 Å². The Bertz CT molecular complexity index is 1180. The molecule has 37 heavy (non-hydrogen) atoms.